The Kier molecular flexibility index (Phi) is 2.68. The maximum absolute atomic E-state index is 12.4. The summed E-state index contributed by atoms with van der Waals surface area (Å²) in [5, 5.41) is 10.6. The summed E-state index contributed by atoms with van der Waals surface area (Å²) in [7, 11) is 0. The molecule has 4 bridgehead atoms. The van der Waals surface area contributed by atoms with Crippen LogP contribution < -0.4 is 5.73 Å². The van der Waals surface area contributed by atoms with E-state index in [0.717, 1.165) is 32.1 Å². The Morgan fingerprint density at radius 3 is 2.32 bits per heavy atom. The van der Waals surface area contributed by atoms with Crippen LogP contribution in [0.1, 0.15) is 45.4 Å². The number of aliphatic hydroxyl groups is 1. The number of ether oxygens (including phenoxy) is 1. The van der Waals surface area contributed by atoms with Gasteiger partial charge in [0.05, 0.1) is 11.0 Å². The molecule has 0 heterocycles. The second-order valence-electron chi connectivity index (χ2n) is 6.92. The molecule has 3 N–H and O–H groups in total. The molecule has 0 aliphatic heterocycles. The van der Waals surface area contributed by atoms with Crippen LogP contribution in [-0.2, 0) is 14.3 Å². The SMILES string of the molecule is C[C@H](OC(=O)C12C[C@@H]3C[C@@H](CC(O)(C3)C1)C2)C(N)=O. The van der Waals surface area contributed by atoms with Crippen LogP contribution in [-0.4, -0.2) is 28.7 Å². The zero-order valence-corrected chi connectivity index (χ0v) is 11.2. The van der Waals surface area contributed by atoms with E-state index in [1.165, 1.54) is 6.92 Å². The maximum atomic E-state index is 12.4. The minimum absolute atomic E-state index is 0.341. The molecule has 1 amide bonds. The average molecular weight is 267 g/mol. The Balaban J connectivity index is 1.80. The first-order chi connectivity index (χ1) is 8.82. The second kappa shape index (κ2) is 3.95. The van der Waals surface area contributed by atoms with E-state index in [0.29, 0.717) is 18.3 Å². The minimum atomic E-state index is -0.893. The van der Waals surface area contributed by atoms with Gasteiger partial charge in [0.25, 0.3) is 5.91 Å². The van der Waals surface area contributed by atoms with Crippen molar-refractivity contribution in [1.29, 1.82) is 0 Å². The molecule has 0 spiro atoms. The van der Waals surface area contributed by atoms with Gasteiger partial charge in [-0.3, -0.25) is 9.59 Å². The molecule has 0 aromatic heterocycles. The summed E-state index contributed by atoms with van der Waals surface area (Å²) in [6, 6.07) is 0. The van der Waals surface area contributed by atoms with E-state index in [1.807, 2.05) is 0 Å². The van der Waals surface area contributed by atoms with Crippen molar-refractivity contribution < 1.29 is 19.4 Å². The van der Waals surface area contributed by atoms with Crippen LogP contribution in [0.15, 0.2) is 0 Å². The van der Waals surface area contributed by atoms with Gasteiger partial charge in [-0.05, 0) is 57.3 Å². The van der Waals surface area contributed by atoms with Gasteiger partial charge in [0, 0.05) is 0 Å². The van der Waals surface area contributed by atoms with Crippen molar-refractivity contribution in [2.45, 2.75) is 57.2 Å². The summed E-state index contributed by atoms with van der Waals surface area (Å²) in [5.41, 5.74) is 3.86. The normalized spacial score (nSPS) is 44.9. The number of amides is 1. The van der Waals surface area contributed by atoms with E-state index >= 15 is 0 Å². The molecule has 4 aliphatic carbocycles. The van der Waals surface area contributed by atoms with Crippen LogP contribution in [0.2, 0.25) is 0 Å². The zero-order valence-electron chi connectivity index (χ0n) is 11.2. The van der Waals surface area contributed by atoms with Crippen molar-refractivity contribution in [3.8, 4) is 0 Å². The molecule has 2 unspecified atom stereocenters. The van der Waals surface area contributed by atoms with Gasteiger partial charge in [-0.1, -0.05) is 0 Å². The second-order valence-corrected chi connectivity index (χ2v) is 6.92. The number of esters is 1. The fraction of sp³-hybridized carbons (Fsp3) is 0.857. The van der Waals surface area contributed by atoms with Crippen LogP contribution in [0.25, 0.3) is 0 Å². The highest BCUT2D eigenvalue weighted by Crippen LogP contribution is 2.62. The van der Waals surface area contributed by atoms with Crippen LogP contribution >= 0.6 is 0 Å². The zero-order chi connectivity index (χ0) is 13.8. The van der Waals surface area contributed by atoms with Crippen molar-refractivity contribution in [1.82, 2.24) is 0 Å². The average Bonchev–Trinajstić information content (AvgIpc) is 2.24. The van der Waals surface area contributed by atoms with E-state index < -0.39 is 23.0 Å². The van der Waals surface area contributed by atoms with E-state index in [2.05, 4.69) is 0 Å². The summed E-state index contributed by atoms with van der Waals surface area (Å²) in [6.07, 6.45) is 3.90. The van der Waals surface area contributed by atoms with Gasteiger partial charge in [-0.2, -0.15) is 0 Å². The third kappa shape index (κ3) is 2.04. The van der Waals surface area contributed by atoms with Crippen molar-refractivity contribution in [2.75, 3.05) is 0 Å². The third-order valence-electron chi connectivity index (χ3n) is 5.15. The van der Waals surface area contributed by atoms with E-state index in [4.69, 9.17) is 10.5 Å². The van der Waals surface area contributed by atoms with Crippen molar-refractivity contribution >= 4 is 11.9 Å². The Morgan fingerprint density at radius 2 is 1.84 bits per heavy atom. The van der Waals surface area contributed by atoms with E-state index in [9.17, 15) is 14.7 Å². The summed E-state index contributed by atoms with van der Waals surface area (Å²) in [6.45, 7) is 1.50. The van der Waals surface area contributed by atoms with Gasteiger partial charge in [0.1, 0.15) is 0 Å². The lowest BCUT2D eigenvalue weighted by atomic mass is 9.48. The first kappa shape index (κ1) is 12.9. The van der Waals surface area contributed by atoms with Gasteiger partial charge in [0.15, 0.2) is 6.10 Å². The summed E-state index contributed by atoms with van der Waals surface area (Å²) >= 11 is 0. The Bertz CT molecular complexity index is 419. The highest BCUT2D eigenvalue weighted by Gasteiger charge is 2.61. The molecule has 4 fully saturated rings. The number of hydrogen-bond donors (Lipinski definition) is 2. The number of hydrogen-bond acceptors (Lipinski definition) is 4. The Labute approximate surface area is 112 Å². The third-order valence-corrected chi connectivity index (χ3v) is 5.15. The van der Waals surface area contributed by atoms with Gasteiger partial charge >= 0.3 is 5.97 Å². The molecule has 0 aromatic rings. The first-order valence-electron chi connectivity index (χ1n) is 7.05. The van der Waals surface area contributed by atoms with Crippen LogP contribution in [0.5, 0.6) is 0 Å². The Hall–Kier alpha value is -1.10. The molecule has 5 nitrogen and oxygen atoms in total. The molecular formula is C14H21NO4. The first-order valence-corrected chi connectivity index (χ1v) is 7.05. The van der Waals surface area contributed by atoms with Crippen LogP contribution in [0.3, 0.4) is 0 Å². The van der Waals surface area contributed by atoms with Crippen LogP contribution in [0.4, 0.5) is 0 Å². The molecule has 5 atom stereocenters. The van der Waals surface area contributed by atoms with Crippen molar-refractivity contribution in [2.24, 2.45) is 23.0 Å². The lowest BCUT2D eigenvalue weighted by Gasteiger charge is -2.58. The smallest absolute Gasteiger partial charge is 0.312 e. The number of carbonyl (C=O) groups is 2. The molecule has 0 radical (unpaired) electrons. The van der Waals surface area contributed by atoms with Gasteiger partial charge in [-0.15, -0.1) is 0 Å². The predicted molar refractivity (Wildman–Crippen MR) is 66.8 cm³/mol. The fourth-order valence-corrected chi connectivity index (χ4v) is 4.80. The highest BCUT2D eigenvalue weighted by atomic mass is 16.5. The van der Waals surface area contributed by atoms with Crippen LogP contribution in [0, 0.1) is 17.3 Å². The molecule has 5 heteroatoms. The molecule has 0 aromatic carbocycles. The lowest BCUT2D eigenvalue weighted by Crippen LogP contribution is -2.59. The molecule has 19 heavy (non-hydrogen) atoms. The quantitative estimate of drug-likeness (QED) is 0.738. The number of rotatable bonds is 3. The summed E-state index contributed by atoms with van der Waals surface area (Å²) in [5.74, 6) is -0.131. The van der Waals surface area contributed by atoms with E-state index in [-0.39, 0.29) is 5.97 Å². The topological polar surface area (TPSA) is 89.6 Å². The van der Waals surface area contributed by atoms with Gasteiger partial charge in [-0.25, -0.2) is 0 Å². The highest BCUT2D eigenvalue weighted by molar-refractivity contribution is 5.84. The fourth-order valence-electron chi connectivity index (χ4n) is 4.80. The summed E-state index contributed by atoms with van der Waals surface area (Å²) in [4.78, 5) is 23.4. The molecule has 4 rings (SSSR count). The largest absolute Gasteiger partial charge is 0.452 e. The lowest BCUT2D eigenvalue weighted by molar-refractivity contribution is -0.199. The molecule has 106 valence electrons. The molecule has 4 aliphatic rings. The number of carbonyl (C=O) groups excluding carboxylic acids is 2. The van der Waals surface area contributed by atoms with E-state index in [1.54, 1.807) is 0 Å². The molecule has 4 saturated carbocycles. The standard InChI is InChI=1S/C14H21NO4/c1-8(11(15)16)19-12(17)13-3-9-2-10(4-13)6-14(18,5-9)7-13/h8-10,18H,2-7H2,1H3,(H2,15,16)/t8-,9-,10+,13?,14?/m0/s1. The van der Waals surface area contributed by atoms with Gasteiger partial charge < -0.3 is 15.6 Å². The number of primary amides is 1. The summed E-state index contributed by atoms with van der Waals surface area (Å²) < 4.78 is 5.22. The minimum Gasteiger partial charge on any atom is -0.452 e. The number of nitrogens with two attached hydrogens (primary N) is 1. The Morgan fingerprint density at radius 1 is 1.26 bits per heavy atom. The van der Waals surface area contributed by atoms with Gasteiger partial charge in [0.2, 0.25) is 0 Å². The maximum Gasteiger partial charge on any atom is 0.312 e. The predicted octanol–water partition coefficient (Wildman–Crippen LogP) is 0.735. The molecule has 0 saturated heterocycles. The van der Waals surface area contributed by atoms with Crippen molar-refractivity contribution in [3.05, 3.63) is 0 Å². The monoisotopic (exact) mass is 267 g/mol. The molecular weight excluding hydrogens is 246 g/mol. The van der Waals surface area contributed by atoms with Crippen molar-refractivity contribution in [3.63, 3.8) is 0 Å².